The summed E-state index contributed by atoms with van der Waals surface area (Å²) in [7, 11) is 0. The van der Waals surface area contributed by atoms with E-state index in [9.17, 15) is 0 Å². The van der Waals surface area contributed by atoms with Gasteiger partial charge in [0.2, 0.25) is 0 Å². The number of rotatable bonds is 14. The maximum Gasteiger partial charge on any atom is -0.0210 e. The topological polar surface area (TPSA) is 0 Å². The van der Waals surface area contributed by atoms with Gasteiger partial charge in [-0.1, -0.05) is 85.5 Å². The van der Waals surface area contributed by atoms with Gasteiger partial charge in [0.05, 0.1) is 0 Å². The zero-order chi connectivity index (χ0) is 14.3. The van der Waals surface area contributed by atoms with E-state index in [2.05, 4.69) is 27.7 Å². The molecule has 0 N–H and O–H groups in total. The molecule has 0 fully saturated rings. The van der Waals surface area contributed by atoms with Crippen LogP contribution in [0.1, 0.15) is 111 Å². The molecule has 0 aromatic rings. The van der Waals surface area contributed by atoms with Gasteiger partial charge in [-0.25, -0.2) is 0 Å². The standard InChI is InChI=1S/C19H39/c1-5-9-12-16-18(14-8-4)19(15-11-7-3)17-13-10-6-2/h19H,5-17H2,1-4H3. The highest BCUT2D eigenvalue weighted by molar-refractivity contribution is 4.96. The molecule has 1 radical (unpaired) electrons. The second kappa shape index (κ2) is 14.4. The maximum atomic E-state index is 2.35. The van der Waals surface area contributed by atoms with Gasteiger partial charge >= 0.3 is 0 Å². The van der Waals surface area contributed by atoms with Gasteiger partial charge in [0, 0.05) is 0 Å². The third-order valence-corrected chi connectivity index (χ3v) is 4.31. The molecule has 0 aromatic heterocycles. The van der Waals surface area contributed by atoms with Crippen molar-refractivity contribution in [3.63, 3.8) is 0 Å². The van der Waals surface area contributed by atoms with E-state index in [4.69, 9.17) is 0 Å². The van der Waals surface area contributed by atoms with E-state index < -0.39 is 0 Å². The highest BCUT2D eigenvalue weighted by atomic mass is 14.2. The molecule has 0 saturated heterocycles. The molecule has 0 bridgehead atoms. The molecule has 0 aliphatic heterocycles. The van der Waals surface area contributed by atoms with Crippen molar-refractivity contribution in [3.05, 3.63) is 5.92 Å². The number of unbranched alkanes of at least 4 members (excludes halogenated alkanes) is 5. The molecule has 0 amide bonds. The van der Waals surface area contributed by atoms with Gasteiger partial charge < -0.3 is 0 Å². The van der Waals surface area contributed by atoms with Crippen LogP contribution in [0.25, 0.3) is 0 Å². The molecule has 0 spiro atoms. The molecule has 0 heteroatoms. The van der Waals surface area contributed by atoms with Crippen LogP contribution in [0.3, 0.4) is 0 Å². The summed E-state index contributed by atoms with van der Waals surface area (Å²) in [5.74, 6) is 2.86. The van der Waals surface area contributed by atoms with Crippen LogP contribution in [0, 0.1) is 11.8 Å². The molecule has 0 saturated carbocycles. The third kappa shape index (κ3) is 10.4. The van der Waals surface area contributed by atoms with E-state index in [1.54, 1.807) is 0 Å². The Balaban J connectivity index is 4.24. The Morgan fingerprint density at radius 2 is 1.16 bits per heavy atom. The van der Waals surface area contributed by atoms with Gasteiger partial charge in [-0.2, -0.15) is 0 Å². The van der Waals surface area contributed by atoms with Gasteiger partial charge in [-0.05, 0) is 37.5 Å². The van der Waals surface area contributed by atoms with Gasteiger partial charge in [-0.15, -0.1) is 0 Å². The van der Waals surface area contributed by atoms with Crippen LogP contribution in [-0.2, 0) is 0 Å². The van der Waals surface area contributed by atoms with Crippen LogP contribution < -0.4 is 0 Å². The lowest BCUT2D eigenvalue weighted by Crippen LogP contribution is -2.13. The fourth-order valence-electron chi connectivity index (χ4n) is 3.10. The van der Waals surface area contributed by atoms with Crippen LogP contribution in [0.4, 0.5) is 0 Å². The summed E-state index contributed by atoms with van der Waals surface area (Å²) < 4.78 is 0. The monoisotopic (exact) mass is 267 g/mol. The molecule has 1 unspecified atom stereocenters. The van der Waals surface area contributed by atoms with E-state index in [1.807, 2.05) is 5.92 Å². The quantitative estimate of drug-likeness (QED) is 0.289. The van der Waals surface area contributed by atoms with Crippen molar-refractivity contribution in [1.29, 1.82) is 0 Å². The first kappa shape index (κ1) is 19.0. The first-order valence-electron chi connectivity index (χ1n) is 9.14. The highest BCUT2D eigenvalue weighted by Gasteiger charge is 2.20. The fourth-order valence-corrected chi connectivity index (χ4v) is 3.10. The Morgan fingerprint density at radius 3 is 1.74 bits per heavy atom. The van der Waals surface area contributed by atoms with Crippen molar-refractivity contribution in [2.45, 2.75) is 111 Å². The van der Waals surface area contributed by atoms with Gasteiger partial charge in [0.15, 0.2) is 0 Å². The Kier molecular flexibility index (Phi) is 14.4. The van der Waals surface area contributed by atoms with Crippen LogP contribution in [0.2, 0.25) is 0 Å². The molecule has 0 heterocycles. The molecule has 0 nitrogen and oxygen atoms in total. The maximum absolute atomic E-state index is 2.35. The SMILES string of the molecule is CCCCC[C](CCC)C(CCCC)CCCCC. The molecule has 115 valence electrons. The van der Waals surface area contributed by atoms with Crippen molar-refractivity contribution in [3.8, 4) is 0 Å². The van der Waals surface area contributed by atoms with Crippen molar-refractivity contribution < 1.29 is 0 Å². The first-order valence-corrected chi connectivity index (χ1v) is 9.14. The second-order valence-electron chi connectivity index (χ2n) is 6.20. The van der Waals surface area contributed by atoms with Crippen LogP contribution >= 0.6 is 0 Å². The van der Waals surface area contributed by atoms with Crippen LogP contribution in [-0.4, -0.2) is 0 Å². The minimum atomic E-state index is 0.948. The normalized spacial score (nSPS) is 13.1. The Labute approximate surface area is 123 Å². The van der Waals surface area contributed by atoms with Gasteiger partial charge in [-0.3, -0.25) is 0 Å². The third-order valence-electron chi connectivity index (χ3n) is 4.31. The molecular formula is C19H39. The molecule has 1 atom stereocenters. The molecular weight excluding hydrogens is 228 g/mol. The first-order chi connectivity index (χ1) is 9.29. The summed E-state index contributed by atoms with van der Waals surface area (Å²) in [5, 5.41) is 0. The zero-order valence-electron chi connectivity index (χ0n) is 14.3. The minimum absolute atomic E-state index is 0.948. The van der Waals surface area contributed by atoms with Gasteiger partial charge in [0.25, 0.3) is 0 Å². The zero-order valence-corrected chi connectivity index (χ0v) is 14.3. The van der Waals surface area contributed by atoms with Crippen molar-refractivity contribution >= 4 is 0 Å². The summed E-state index contributed by atoms with van der Waals surface area (Å²) in [5.41, 5.74) is 0. The predicted octanol–water partition coefficient (Wildman–Crippen LogP) is 7.33. The minimum Gasteiger partial charge on any atom is -0.0654 e. The molecule has 0 aliphatic carbocycles. The number of hydrogen-bond donors (Lipinski definition) is 0. The van der Waals surface area contributed by atoms with E-state index in [0.29, 0.717) is 0 Å². The van der Waals surface area contributed by atoms with Crippen molar-refractivity contribution in [2.75, 3.05) is 0 Å². The lowest BCUT2D eigenvalue weighted by Gasteiger charge is -2.27. The second-order valence-corrected chi connectivity index (χ2v) is 6.20. The van der Waals surface area contributed by atoms with Crippen LogP contribution in [0.15, 0.2) is 0 Å². The highest BCUT2D eigenvalue weighted by Crippen LogP contribution is 2.33. The lowest BCUT2D eigenvalue weighted by molar-refractivity contribution is 0.385. The van der Waals surface area contributed by atoms with Crippen molar-refractivity contribution in [2.24, 2.45) is 5.92 Å². The Morgan fingerprint density at radius 1 is 0.579 bits per heavy atom. The molecule has 19 heavy (non-hydrogen) atoms. The summed E-state index contributed by atoms with van der Waals surface area (Å²) in [6.45, 7) is 9.32. The average Bonchev–Trinajstić information content (AvgIpc) is 2.42. The lowest BCUT2D eigenvalue weighted by atomic mass is 9.78. The van der Waals surface area contributed by atoms with E-state index in [-0.39, 0.29) is 0 Å². The average molecular weight is 268 g/mol. The number of hydrogen-bond acceptors (Lipinski definition) is 0. The molecule has 0 aliphatic rings. The summed E-state index contributed by atoms with van der Waals surface area (Å²) in [6.07, 6.45) is 18.3. The Bertz CT molecular complexity index is 161. The summed E-state index contributed by atoms with van der Waals surface area (Å²) >= 11 is 0. The van der Waals surface area contributed by atoms with Crippen molar-refractivity contribution in [1.82, 2.24) is 0 Å². The summed E-state index contributed by atoms with van der Waals surface area (Å²) in [6, 6.07) is 0. The molecule has 0 rings (SSSR count). The van der Waals surface area contributed by atoms with E-state index in [0.717, 1.165) is 5.92 Å². The Hall–Kier alpha value is 0. The predicted molar refractivity (Wildman–Crippen MR) is 89.5 cm³/mol. The smallest absolute Gasteiger partial charge is 0.0210 e. The van der Waals surface area contributed by atoms with E-state index >= 15 is 0 Å². The summed E-state index contributed by atoms with van der Waals surface area (Å²) in [4.78, 5) is 0. The fraction of sp³-hybridized carbons (Fsp3) is 0.947. The van der Waals surface area contributed by atoms with Gasteiger partial charge in [0.1, 0.15) is 0 Å². The largest absolute Gasteiger partial charge is 0.0654 e. The van der Waals surface area contributed by atoms with Crippen LogP contribution in [0.5, 0.6) is 0 Å². The van der Waals surface area contributed by atoms with E-state index in [1.165, 1.54) is 83.5 Å². The molecule has 0 aromatic carbocycles.